The number of pyridine rings is 1. The Balaban J connectivity index is 2.52. The molecule has 0 unspecified atom stereocenters. The molecule has 2 nitrogen and oxygen atoms in total. The second-order valence-corrected chi connectivity index (χ2v) is 3.29. The predicted molar refractivity (Wildman–Crippen MR) is 53.4 cm³/mol. The fourth-order valence-corrected chi connectivity index (χ4v) is 0.903. The van der Waals surface area contributed by atoms with Gasteiger partial charge in [-0.05, 0) is 12.5 Å². The Morgan fingerprint density at radius 2 is 2.36 bits per heavy atom. The van der Waals surface area contributed by atoms with Crippen LogP contribution in [-0.2, 0) is 0 Å². The number of halogens is 1. The Morgan fingerprint density at radius 3 is 2.91 bits per heavy atom. The maximum absolute atomic E-state index is 5.29. The number of aryl methyl sites for hydroxylation is 1. The van der Waals surface area contributed by atoms with Gasteiger partial charge in [0, 0.05) is 16.7 Å². The second-order valence-electron chi connectivity index (χ2n) is 2.21. The van der Waals surface area contributed by atoms with Crippen LogP contribution in [0.3, 0.4) is 0 Å². The van der Waals surface area contributed by atoms with Crippen molar-refractivity contribution in [1.29, 1.82) is 0 Å². The molecule has 0 saturated heterocycles. The van der Waals surface area contributed by atoms with Crippen LogP contribution in [0, 0.1) is 6.92 Å². The van der Waals surface area contributed by atoms with E-state index in [0.29, 0.717) is 5.88 Å². The zero-order chi connectivity index (χ0) is 8.10. The number of ether oxygens (including phenoxy) is 1. The van der Waals surface area contributed by atoms with Crippen LogP contribution in [0.1, 0.15) is 5.56 Å². The molecule has 0 saturated carbocycles. The van der Waals surface area contributed by atoms with Crippen molar-refractivity contribution >= 4 is 22.6 Å². The third kappa shape index (κ3) is 3.05. The number of aromatic nitrogens is 1. The van der Waals surface area contributed by atoms with Crippen molar-refractivity contribution in [2.24, 2.45) is 0 Å². The third-order valence-electron chi connectivity index (χ3n) is 1.21. The molecular formula is C8H10INO. The van der Waals surface area contributed by atoms with E-state index >= 15 is 0 Å². The summed E-state index contributed by atoms with van der Waals surface area (Å²) in [5.41, 5.74) is 1.16. The summed E-state index contributed by atoms with van der Waals surface area (Å²) in [6.07, 6.45) is 1.81. The molecule has 1 aromatic rings. The Morgan fingerprint density at radius 1 is 1.55 bits per heavy atom. The van der Waals surface area contributed by atoms with E-state index in [0.717, 1.165) is 16.6 Å². The molecular weight excluding hydrogens is 253 g/mol. The monoisotopic (exact) mass is 263 g/mol. The van der Waals surface area contributed by atoms with Gasteiger partial charge in [-0.25, -0.2) is 4.98 Å². The molecule has 1 rings (SSSR count). The molecule has 0 amide bonds. The van der Waals surface area contributed by atoms with Gasteiger partial charge in [0.15, 0.2) is 0 Å². The summed E-state index contributed by atoms with van der Waals surface area (Å²) in [6, 6.07) is 3.89. The van der Waals surface area contributed by atoms with Gasteiger partial charge >= 0.3 is 0 Å². The van der Waals surface area contributed by atoms with Gasteiger partial charge in [-0.2, -0.15) is 0 Å². The minimum absolute atomic E-state index is 0.715. The van der Waals surface area contributed by atoms with E-state index in [1.54, 1.807) is 0 Å². The van der Waals surface area contributed by atoms with Crippen LogP contribution < -0.4 is 4.74 Å². The van der Waals surface area contributed by atoms with Gasteiger partial charge in [0.25, 0.3) is 0 Å². The van der Waals surface area contributed by atoms with Gasteiger partial charge in [0.1, 0.15) is 0 Å². The van der Waals surface area contributed by atoms with Crippen molar-refractivity contribution in [3.05, 3.63) is 23.9 Å². The number of rotatable bonds is 3. The van der Waals surface area contributed by atoms with Crippen LogP contribution in [0.25, 0.3) is 0 Å². The number of hydrogen-bond acceptors (Lipinski definition) is 2. The van der Waals surface area contributed by atoms with Crippen molar-refractivity contribution < 1.29 is 4.74 Å². The maximum Gasteiger partial charge on any atom is 0.213 e. The van der Waals surface area contributed by atoms with Gasteiger partial charge in [0.2, 0.25) is 5.88 Å². The lowest BCUT2D eigenvalue weighted by Crippen LogP contribution is -1.98. The van der Waals surface area contributed by atoms with Gasteiger partial charge in [0.05, 0.1) is 6.61 Å². The molecule has 11 heavy (non-hydrogen) atoms. The van der Waals surface area contributed by atoms with Crippen molar-refractivity contribution in [3.63, 3.8) is 0 Å². The summed E-state index contributed by atoms with van der Waals surface area (Å²) < 4.78 is 6.28. The highest BCUT2D eigenvalue weighted by molar-refractivity contribution is 14.1. The first kappa shape index (κ1) is 8.77. The average Bonchev–Trinajstić information content (AvgIpc) is 2.04. The number of hydrogen-bond donors (Lipinski definition) is 0. The first-order valence-corrected chi connectivity index (χ1v) is 4.97. The lowest BCUT2D eigenvalue weighted by atomic mass is 10.3. The van der Waals surface area contributed by atoms with Crippen LogP contribution in [0.15, 0.2) is 18.3 Å². The fourth-order valence-electron chi connectivity index (χ4n) is 0.683. The summed E-state index contributed by atoms with van der Waals surface area (Å²) >= 11 is 2.27. The molecule has 0 aliphatic rings. The van der Waals surface area contributed by atoms with Crippen LogP contribution in [0.2, 0.25) is 0 Å². The highest BCUT2D eigenvalue weighted by Crippen LogP contribution is 2.06. The van der Waals surface area contributed by atoms with Crippen LogP contribution in [0.5, 0.6) is 5.88 Å². The summed E-state index contributed by atoms with van der Waals surface area (Å²) in [6.45, 7) is 2.74. The smallest absolute Gasteiger partial charge is 0.213 e. The van der Waals surface area contributed by atoms with Gasteiger partial charge in [-0.1, -0.05) is 28.7 Å². The van der Waals surface area contributed by atoms with E-state index in [9.17, 15) is 0 Å². The highest BCUT2D eigenvalue weighted by Gasteiger charge is 1.91. The molecule has 0 aliphatic heterocycles. The second kappa shape index (κ2) is 4.54. The number of alkyl halides is 1. The van der Waals surface area contributed by atoms with Crippen molar-refractivity contribution in [2.75, 3.05) is 11.0 Å². The first-order chi connectivity index (χ1) is 5.33. The molecule has 0 radical (unpaired) electrons. The molecule has 0 N–H and O–H groups in total. The SMILES string of the molecule is Cc1ccc(OCCI)nc1. The molecule has 0 fully saturated rings. The quantitative estimate of drug-likeness (QED) is 0.616. The molecule has 0 atom stereocenters. The molecule has 0 aromatic carbocycles. The van der Waals surface area contributed by atoms with Crippen LogP contribution in [0.4, 0.5) is 0 Å². The van der Waals surface area contributed by atoms with Crippen molar-refractivity contribution in [2.45, 2.75) is 6.92 Å². The van der Waals surface area contributed by atoms with E-state index in [4.69, 9.17) is 4.74 Å². The predicted octanol–water partition coefficient (Wildman–Crippen LogP) is 2.20. The Labute approximate surface area is 80.1 Å². The standard InChI is InChI=1S/C8H10INO/c1-7-2-3-8(10-6-7)11-5-4-9/h2-3,6H,4-5H2,1H3. The van der Waals surface area contributed by atoms with E-state index in [1.165, 1.54) is 0 Å². The van der Waals surface area contributed by atoms with Gasteiger partial charge < -0.3 is 4.74 Å². The molecule has 1 heterocycles. The topological polar surface area (TPSA) is 22.1 Å². The molecule has 60 valence electrons. The first-order valence-electron chi connectivity index (χ1n) is 3.44. The van der Waals surface area contributed by atoms with E-state index in [-0.39, 0.29) is 0 Å². The van der Waals surface area contributed by atoms with Crippen LogP contribution >= 0.6 is 22.6 Å². The third-order valence-corrected chi connectivity index (χ3v) is 1.65. The fraction of sp³-hybridized carbons (Fsp3) is 0.375. The van der Waals surface area contributed by atoms with Gasteiger partial charge in [-0.3, -0.25) is 0 Å². The molecule has 1 aromatic heterocycles. The Hall–Kier alpha value is -0.320. The van der Waals surface area contributed by atoms with E-state index < -0.39 is 0 Å². The minimum atomic E-state index is 0.715. The van der Waals surface area contributed by atoms with E-state index in [2.05, 4.69) is 27.6 Å². The maximum atomic E-state index is 5.29. The molecule has 0 aliphatic carbocycles. The largest absolute Gasteiger partial charge is 0.477 e. The zero-order valence-electron chi connectivity index (χ0n) is 6.38. The van der Waals surface area contributed by atoms with Gasteiger partial charge in [-0.15, -0.1) is 0 Å². The lowest BCUT2D eigenvalue weighted by Gasteiger charge is -2.01. The summed E-state index contributed by atoms with van der Waals surface area (Å²) in [7, 11) is 0. The lowest BCUT2D eigenvalue weighted by molar-refractivity contribution is 0.332. The normalized spacial score (nSPS) is 9.64. The molecule has 0 bridgehead atoms. The summed E-state index contributed by atoms with van der Waals surface area (Å²) in [4.78, 5) is 4.09. The highest BCUT2D eigenvalue weighted by atomic mass is 127. The zero-order valence-corrected chi connectivity index (χ0v) is 8.54. The summed E-state index contributed by atoms with van der Waals surface area (Å²) in [5, 5.41) is 0. The van der Waals surface area contributed by atoms with Crippen LogP contribution in [-0.4, -0.2) is 16.0 Å². The van der Waals surface area contributed by atoms with Crippen molar-refractivity contribution in [1.82, 2.24) is 4.98 Å². The minimum Gasteiger partial charge on any atom is -0.477 e. The summed E-state index contributed by atoms with van der Waals surface area (Å²) in [5.74, 6) is 0.715. The molecule has 0 spiro atoms. The Kier molecular flexibility index (Phi) is 3.62. The average molecular weight is 263 g/mol. The van der Waals surface area contributed by atoms with Crippen molar-refractivity contribution in [3.8, 4) is 5.88 Å². The number of nitrogens with zero attached hydrogens (tertiary/aromatic N) is 1. The van der Waals surface area contributed by atoms with E-state index in [1.807, 2.05) is 25.3 Å². The molecule has 3 heteroatoms. The Bertz CT molecular complexity index is 210.